The van der Waals surface area contributed by atoms with Crippen molar-refractivity contribution < 1.29 is 4.92 Å². The molecule has 4 rings (SSSR count). The quantitative estimate of drug-likeness (QED) is 0.378. The first-order valence-electron chi connectivity index (χ1n) is 8.08. The Morgan fingerprint density at radius 1 is 1.15 bits per heavy atom. The van der Waals surface area contributed by atoms with Gasteiger partial charge in [-0.1, -0.05) is 18.2 Å². The molecule has 8 heteroatoms. The molecule has 0 aliphatic rings. The summed E-state index contributed by atoms with van der Waals surface area (Å²) in [7, 11) is 0. The van der Waals surface area contributed by atoms with Crippen molar-refractivity contribution in [2.75, 3.05) is 11.9 Å². The summed E-state index contributed by atoms with van der Waals surface area (Å²) < 4.78 is 0. The van der Waals surface area contributed by atoms with Gasteiger partial charge in [0.2, 0.25) is 0 Å². The highest BCUT2D eigenvalue weighted by Gasteiger charge is 2.17. The first-order valence-corrected chi connectivity index (χ1v) is 8.08. The summed E-state index contributed by atoms with van der Waals surface area (Å²) in [5.74, 6) is 0. The molecule has 0 unspecified atom stereocenters. The van der Waals surface area contributed by atoms with E-state index in [0.29, 0.717) is 24.2 Å². The molecule has 2 heterocycles. The van der Waals surface area contributed by atoms with Crippen LogP contribution >= 0.6 is 0 Å². The molecule has 0 saturated carbocycles. The van der Waals surface area contributed by atoms with E-state index in [0.717, 1.165) is 16.5 Å². The first kappa shape index (κ1) is 15.8. The van der Waals surface area contributed by atoms with E-state index in [1.807, 2.05) is 30.5 Å². The van der Waals surface area contributed by atoms with Crippen LogP contribution in [0.5, 0.6) is 0 Å². The summed E-state index contributed by atoms with van der Waals surface area (Å²) in [6, 6.07) is 10.8. The SMILES string of the molecule is O=c1[nH]cnc2cc(NCCc3c[nH]c4ccccc34)c([N+](=O)[O-])cc12. The van der Waals surface area contributed by atoms with Crippen LogP contribution in [0, 0.1) is 10.1 Å². The number of aromatic nitrogens is 3. The van der Waals surface area contributed by atoms with Crippen LogP contribution in [0.15, 0.2) is 53.7 Å². The Kier molecular flexibility index (Phi) is 3.85. The van der Waals surface area contributed by atoms with Gasteiger partial charge in [0.05, 0.1) is 22.2 Å². The average Bonchev–Trinajstić information content (AvgIpc) is 3.05. The monoisotopic (exact) mass is 349 g/mol. The van der Waals surface area contributed by atoms with Crippen molar-refractivity contribution in [2.45, 2.75) is 6.42 Å². The number of fused-ring (bicyclic) bond motifs is 2. The maximum absolute atomic E-state index is 11.8. The van der Waals surface area contributed by atoms with Crippen molar-refractivity contribution >= 4 is 33.2 Å². The summed E-state index contributed by atoms with van der Waals surface area (Å²) in [6.07, 6.45) is 3.93. The van der Waals surface area contributed by atoms with Crippen LogP contribution in [0.1, 0.15) is 5.56 Å². The molecule has 0 amide bonds. The van der Waals surface area contributed by atoms with Crippen LogP contribution in [0.25, 0.3) is 21.8 Å². The van der Waals surface area contributed by atoms with Crippen LogP contribution in [0.4, 0.5) is 11.4 Å². The van der Waals surface area contributed by atoms with Gasteiger partial charge in [-0.15, -0.1) is 0 Å². The minimum absolute atomic E-state index is 0.144. The van der Waals surface area contributed by atoms with Crippen molar-refractivity contribution in [3.05, 3.63) is 75.0 Å². The number of rotatable bonds is 5. The van der Waals surface area contributed by atoms with Gasteiger partial charge in [-0.25, -0.2) is 4.98 Å². The lowest BCUT2D eigenvalue weighted by Crippen LogP contribution is -2.10. The molecule has 0 fully saturated rings. The molecule has 26 heavy (non-hydrogen) atoms. The van der Waals surface area contributed by atoms with E-state index >= 15 is 0 Å². The number of para-hydroxylation sites is 1. The molecule has 0 aliphatic carbocycles. The number of hydrogen-bond donors (Lipinski definition) is 3. The molecule has 4 aromatic rings. The van der Waals surface area contributed by atoms with E-state index in [4.69, 9.17) is 0 Å². The van der Waals surface area contributed by atoms with Gasteiger partial charge in [0.15, 0.2) is 0 Å². The molecule has 2 aromatic heterocycles. The molecule has 0 atom stereocenters. The summed E-state index contributed by atoms with van der Waals surface area (Å²) in [5, 5.41) is 15.8. The highest BCUT2D eigenvalue weighted by atomic mass is 16.6. The summed E-state index contributed by atoms with van der Waals surface area (Å²) in [6.45, 7) is 0.511. The van der Waals surface area contributed by atoms with Gasteiger partial charge in [0, 0.05) is 29.7 Å². The predicted octanol–water partition coefficient (Wildman–Crippen LogP) is 2.97. The number of anilines is 1. The Bertz CT molecular complexity index is 1180. The third kappa shape index (κ3) is 2.77. The minimum Gasteiger partial charge on any atom is -0.379 e. The Morgan fingerprint density at radius 2 is 2.00 bits per heavy atom. The largest absolute Gasteiger partial charge is 0.379 e. The smallest absolute Gasteiger partial charge is 0.293 e. The van der Waals surface area contributed by atoms with Crippen molar-refractivity contribution in [1.29, 1.82) is 0 Å². The molecule has 0 radical (unpaired) electrons. The van der Waals surface area contributed by atoms with Crippen molar-refractivity contribution in [3.8, 4) is 0 Å². The number of benzene rings is 2. The first-order chi connectivity index (χ1) is 12.6. The maximum atomic E-state index is 11.8. The maximum Gasteiger partial charge on any atom is 0.293 e. The summed E-state index contributed by atoms with van der Waals surface area (Å²) >= 11 is 0. The van der Waals surface area contributed by atoms with Gasteiger partial charge in [0.25, 0.3) is 11.2 Å². The highest BCUT2D eigenvalue weighted by Crippen LogP contribution is 2.28. The number of H-pyrrole nitrogens is 2. The molecule has 8 nitrogen and oxygen atoms in total. The Balaban J connectivity index is 1.61. The number of aromatic amines is 2. The fraction of sp³-hybridized carbons (Fsp3) is 0.111. The van der Waals surface area contributed by atoms with E-state index in [9.17, 15) is 14.9 Å². The van der Waals surface area contributed by atoms with Gasteiger partial charge in [0.1, 0.15) is 5.69 Å². The molecule has 0 spiro atoms. The lowest BCUT2D eigenvalue weighted by Gasteiger charge is -2.08. The molecule has 0 saturated heterocycles. The Morgan fingerprint density at radius 3 is 2.85 bits per heavy atom. The van der Waals surface area contributed by atoms with Crippen LogP contribution in [-0.2, 0) is 6.42 Å². The second-order valence-corrected chi connectivity index (χ2v) is 5.91. The predicted molar refractivity (Wildman–Crippen MR) is 99.5 cm³/mol. The van der Waals surface area contributed by atoms with Crippen LogP contribution < -0.4 is 10.9 Å². The zero-order chi connectivity index (χ0) is 18.1. The van der Waals surface area contributed by atoms with Crippen molar-refractivity contribution in [2.24, 2.45) is 0 Å². The van der Waals surface area contributed by atoms with Gasteiger partial charge >= 0.3 is 0 Å². The van der Waals surface area contributed by atoms with E-state index in [-0.39, 0.29) is 11.1 Å². The lowest BCUT2D eigenvalue weighted by molar-refractivity contribution is -0.383. The number of nitrogens with one attached hydrogen (secondary N) is 3. The second kappa shape index (κ2) is 6.32. The molecule has 3 N–H and O–H groups in total. The van der Waals surface area contributed by atoms with Gasteiger partial charge in [-0.3, -0.25) is 14.9 Å². The minimum atomic E-state index is -0.500. The van der Waals surface area contributed by atoms with E-state index in [1.54, 1.807) is 0 Å². The molecule has 0 bridgehead atoms. The standard InChI is InChI=1S/C18H15N5O3/c24-18-13-7-17(23(25)26)16(8-15(13)21-10-22-18)19-6-5-11-9-20-14-4-2-1-3-12(11)14/h1-4,7-10,19-20H,5-6H2,(H,21,22,24). The third-order valence-corrected chi connectivity index (χ3v) is 4.34. The Labute approximate surface area is 147 Å². The van der Waals surface area contributed by atoms with Crippen LogP contribution in [-0.4, -0.2) is 26.4 Å². The Hall–Kier alpha value is -3.68. The van der Waals surface area contributed by atoms with Crippen molar-refractivity contribution in [3.63, 3.8) is 0 Å². The highest BCUT2D eigenvalue weighted by molar-refractivity contribution is 5.86. The van der Waals surface area contributed by atoms with E-state index < -0.39 is 10.5 Å². The zero-order valence-electron chi connectivity index (χ0n) is 13.7. The average molecular weight is 349 g/mol. The molecule has 130 valence electrons. The topological polar surface area (TPSA) is 117 Å². The van der Waals surface area contributed by atoms with E-state index in [2.05, 4.69) is 20.3 Å². The number of nitro groups is 1. The normalized spacial score (nSPS) is 11.1. The fourth-order valence-corrected chi connectivity index (χ4v) is 3.07. The van der Waals surface area contributed by atoms with E-state index in [1.165, 1.54) is 18.5 Å². The number of nitrogens with zero attached hydrogens (tertiary/aromatic N) is 2. The zero-order valence-corrected chi connectivity index (χ0v) is 13.7. The fourth-order valence-electron chi connectivity index (χ4n) is 3.07. The molecule has 0 aliphatic heterocycles. The third-order valence-electron chi connectivity index (χ3n) is 4.34. The summed E-state index contributed by atoms with van der Waals surface area (Å²) in [4.78, 5) is 32.4. The van der Waals surface area contributed by atoms with Gasteiger partial charge in [-0.2, -0.15) is 0 Å². The number of nitro benzene ring substituents is 1. The van der Waals surface area contributed by atoms with Gasteiger partial charge < -0.3 is 15.3 Å². The van der Waals surface area contributed by atoms with Crippen molar-refractivity contribution in [1.82, 2.24) is 15.0 Å². The molecular formula is C18H15N5O3. The van der Waals surface area contributed by atoms with Crippen LogP contribution in [0.2, 0.25) is 0 Å². The number of hydrogen-bond acceptors (Lipinski definition) is 5. The second-order valence-electron chi connectivity index (χ2n) is 5.91. The molecular weight excluding hydrogens is 334 g/mol. The lowest BCUT2D eigenvalue weighted by atomic mass is 10.1. The van der Waals surface area contributed by atoms with Gasteiger partial charge in [-0.05, 0) is 24.1 Å². The van der Waals surface area contributed by atoms with Crippen LogP contribution in [0.3, 0.4) is 0 Å². The molecule has 2 aromatic carbocycles. The summed E-state index contributed by atoms with van der Waals surface area (Å²) in [5.41, 5.74) is 2.40.